The molecule has 1 aromatic heterocycles. The number of carbonyl (C=O) groups is 1. The third-order valence-electron chi connectivity index (χ3n) is 3.96. The minimum absolute atomic E-state index is 0.0886. The molecule has 0 saturated carbocycles. The Labute approximate surface area is 124 Å². The van der Waals surface area contributed by atoms with Crippen LogP contribution in [-0.4, -0.2) is 46.3 Å². The number of nitrogens with zero attached hydrogens (tertiary/aromatic N) is 2. The standard InChI is InChI=1S/C15H19N3OS/c1-11(9-17-6-7-18(20)15(19)10-17)13-8-16-14-5-3-2-4-12(13)14/h2-5,8,11,16,20H,6-7,9-10H2,1H3. The number of nitrogens with one attached hydrogen (secondary N) is 1. The number of aromatic nitrogens is 1. The van der Waals surface area contributed by atoms with Crippen LogP contribution in [0.15, 0.2) is 30.5 Å². The van der Waals surface area contributed by atoms with Crippen molar-refractivity contribution >= 4 is 29.6 Å². The molecule has 1 aliphatic rings. The largest absolute Gasteiger partial charge is 0.361 e. The fourth-order valence-corrected chi connectivity index (χ4v) is 3.01. The Morgan fingerprint density at radius 2 is 2.15 bits per heavy atom. The first-order chi connectivity index (χ1) is 9.65. The van der Waals surface area contributed by atoms with E-state index in [-0.39, 0.29) is 5.91 Å². The summed E-state index contributed by atoms with van der Waals surface area (Å²) in [7, 11) is 0. The van der Waals surface area contributed by atoms with E-state index in [2.05, 4.69) is 54.0 Å². The first-order valence-corrected chi connectivity index (χ1v) is 7.33. The average Bonchev–Trinajstić information content (AvgIpc) is 2.87. The quantitative estimate of drug-likeness (QED) is 0.851. The molecule has 5 heteroatoms. The highest BCUT2D eigenvalue weighted by Crippen LogP contribution is 2.26. The SMILES string of the molecule is CC(CN1CCN(S)C(=O)C1)c1c[nH]c2ccccc12. The molecule has 1 fully saturated rings. The van der Waals surface area contributed by atoms with Crippen LogP contribution < -0.4 is 0 Å². The van der Waals surface area contributed by atoms with Gasteiger partial charge in [0.2, 0.25) is 5.91 Å². The molecule has 0 aliphatic carbocycles. The van der Waals surface area contributed by atoms with Gasteiger partial charge < -0.3 is 4.98 Å². The van der Waals surface area contributed by atoms with Gasteiger partial charge >= 0.3 is 0 Å². The number of rotatable bonds is 3. The number of benzene rings is 1. The lowest BCUT2D eigenvalue weighted by atomic mass is 9.99. The van der Waals surface area contributed by atoms with Gasteiger partial charge in [0.1, 0.15) is 0 Å². The Morgan fingerprint density at radius 1 is 1.35 bits per heavy atom. The number of hydrogen-bond acceptors (Lipinski definition) is 3. The van der Waals surface area contributed by atoms with E-state index in [1.54, 1.807) is 0 Å². The predicted molar refractivity (Wildman–Crippen MR) is 83.9 cm³/mol. The zero-order chi connectivity index (χ0) is 14.1. The molecule has 1 aromatic carbocycles. The van der Waals surface area contributed by atoms with Crippen LogP contribution in [0.25, 0.3) is 10.9 Å². The van der Waals surface area contributed by atoms with Crippen molar-refractivity contribution in [2.24, 2.45) is 0 Å². The Morgan fingerprint density at radius 3 is 2.95 bits per heavy atom. The van der Waals surface area contributed by atoms with Crippen molar-refractivity contribution < 1.29 is 4.79 Å². The van der Waals surface area contributed by atoms with E-state index in [0.717, 1.165) is 13.1 Å². The van der Waals surface area contributed by atoms with Gasteiger partial charge in [-0.2, -0.15) is 0 Å². The number of aromatic amines is 1. The second-order valence-electron chi connectivity index (χ2n) is 5.44. The number of carbonyl (C=O) groups excluding carboxylic acids is 1. The molecule has 0 bridgehead atoms. The monoisotopic (exact) mass is 289 g/mol. The smallest absolute Gasteiger partial charge is 0.246 e. The van der Waals surface area contributed by atoms with Crippen LogP contribution in [0.1, 0.15) is 18.4 Å². The maximum absolute atomic E-state index is 11.7. The van der Waals surface area contributed by atoms with Crippen LogP contribution >= 0.6 is 12.8 Å². The van der Waals surface area contributed by atoms with Gasteiger partial charge in [-0.3, -0.25) is 14.0 Å². The fraction of sp³-hybridized carbons (Fsp3) is 0.400. The molecular formula is C15H19N3OS. The molecule has 0 spiro atoms. The highest BCUT2D eigenvalue weighted by atomic mass is 32.1. The first kappa shape index (κ1) is 13.5. The van der Waals surface area contributed by atoms with Crippen LogP contribution in [0.3, 0.4) is 0 Å². The van der Waals surface area contributed by atoms with E-state index in [9.17, 15) is 4.79 Å². The van der Waals surface area contributed by atoms with Gasteiger partial charge in [-0.1, -0.05) is 37.9 Å². The topological polar surface area (TPSA) is 39.3 Å². The van der Waals surface area contributed by atoms with Gasteiger partial charge in [0.15, 0.2) is 0 Å². The molecule has 1 N–H and O–H groups in total. The van der Waals surface area contributed by atoms with Crippen molar-refractivity contribution in [3.63, 3.8) is 0 Å². The lowest BCUT2D eigenvalue weighted by Crippen LogP contribution is -2.47. The molecule has 4 nitrogen and oxygen atoms in total. The highest BCUT2D eigenvalue weighted by molar-refractivity contribution is 7.78. The summed E-state index contributed by atoms with van der Waals surface area (Å²) in [4.78, 5) is 17.2. The maximum atomic E-state index is 11.7. The van der Waals surface area contributed by atoms with Gasteiger partial charge in [0.25, 0.3) is 0 Å². The number of para-hydroxylation sites is 1. The zero-order valence-corrected chi connectivity index (χ0v) is 12.4. The van der Waals surface area contributed by atoms with Gasteiger partial charge in [0, 0.05) is 36.7 Å². The maximum Gasteiger partial charge on any atom is 0.246 e. The van der Waals surface area contributed by atoms with E-state index >= 15 is 0 Å². The Kier molecular flexibility index (Phi) is 3.72. The van der Waals surface area contributed by atoms with Crippen LogP contribution in [-0.2, 0) is 4.79 Å². The van der Waals surface area contributed by atoms with Crippen LogP contribution in [0, 0.1) is 0 Å². The molecule has 3 rings (SSSR count). The molecule has 0 radical (unpaired) electrons. The summed E-state index contributed by atoms with van der Waals surface area (Å²) in [5.74, 6) is 0.483. The fourth-order valence-electron chi connectivity index (χ4n) is 2.86. The molecule has 1 saturated heterocycles. The van der Waals surface area contributed by atoms with Crippen molar-refractivity contribution in [1.29, 1.82) is 0 Å². The Hall–Kier alpha value is -1.46. The number of hydrogen-bond donors (Lipinski definition) is 2. The van der Waals surface area contributed by atoms with Crippen molar-refractivity contribution in [3.05, 3.63) is 36.0 Å². The second kappa shape index (κ2) is 5.50. The molecular weight excluding hydrogens is 270 g/mol. The van der Waals surface area contributed by atoms with Crippen molar-refractivity contribution in [3.8, 4) is 0 Å². The van der Waals surface area contributed by atoms with Gasteiger partial charge in [-0.15, -0.1) is 0 Å². The van der Waals surface area contributed by atoms with Crippen molar-refractivity contribution in [1.82, 2.24) is 14.2 Å². The summed E-state index contributed by atoms with van der Waals surface area (Å²) in [5.41, 5.74) is 2.49. The van der Waals surface area contributed by atoms with E-state index in [0.29, 0.717) is 19.0 Å². The number of H-pyrrole nitrogens is 1. The number of piperazine rings is 1. The minimum atomic E-state index is 0.0886. The second-order valence-corrected chi connectivity index (χ2v) is 5.93. The van der Waals surface area contributed by atoms with Crippen LogP contribution in [0.2, 0.25) is 0 Å². The summed E-state index contributed by atoms with van der Waals surface area (Å²) in [6, 6.07) is 8.34. The van der Waals surface area contributed by atoms with Gasteiger partial charge in [-0.05, 0) is 17.5 Å². The molecule has 106 valence electrons. The highest BCUT2D eigenvalue weighted by Gasteiger charge is 2.23. The lowest BCUT2D eigenvalue weighted by molar-refractivity contribution is -0.129. The van der Waals surface area contributed by atoms with E-state index in [1.165, 1.54) is 20.8 Å². The summed E-state index contributed by atoms with van der Waals surface area (Å²) < 4.78 is 1.51. The zero-order valence-electron chi connectivity index (χ0n) is 11.5. The molecule has 1 amide bonds. The summed E-state index contributed by atoms with van der Waals surface area (Å²) in [5, 5.41) is 1.28. The summed E-state index contributed by atoms with van der Waals surface area (Å²) >= 11 is 4.15. The van der Waals surface area contributed by atoms with Gasteiger partial charge in [-0.25, -0.2) is 0 Å². The number of amides is 1. The van der Waals surface area contributed by atoms with Crippen molar-refractivity contribution in [2.45, 2.75) is 12.8 Å². The van der Waals surface area contributed by atoms with E-state index in [4.69, 9.17) is 0 Å². The normalized spacial score (nSPS) is 18.7. The molecule has 1 atom stereocenters. The summed E-state index contributed by atoms with van der Waals surface area (Å²) in [6.07, 6.45) is 2.09. The summed E-state index contributed by atoms with van der Waals surface area (Å²) in [6.45, 7) is 5.17. The van der Waals surface area contributed by atoms with Gasteiger partial charge in [0.05, 0.1) is 6.54 Å². The molecule has 2 heterocycles. The molecule has 2 aromatic rings. The molecule has 1 aliphatic heterocycles. The predicted octanol–water partition coefficient (Wildman–Crippen LogP) is 2.26. The van der Waals surface area contributed by atoms with Crippen LogP contribution in [0.5, 0.6) is 0 Å². The molecule has 20 heavy (non-hydrogen) atoms. The van der Waals surface area contributed by atoms with Crippen molar-refractivity contribution in [2.75, 3.05) is 26.2 Å². The Bertz CT molecular complexity index is 624. The third-order valence-corrected chi connectivity index (χ3v) is 4.38. The Balaban J connectivity index is 1.73. The average molecular weight is 289 g/mol. The number of thiol groups is 1. The first-order valence-electron chi connectivity index (χ1n) is 6.93. The molecule has 1 unspecified atom stereocenters. The van der Waals surface area contributed by atoms with Crippen LogP contribution in [0.4, 0.5) is 0 Å². The van der Waals surface area contributed by atoms with E-state index < -0.39 is 0 Å². The minimum Gasteiger partial charge on any atom is -0.361 e. The van der Waals surface area contributed by atoms with E-state index in [1.807, 2.05) is 6.07 Å². The number of fused-ring (bicyclic) bond motifs is 1. The lowest BCUT2D eigenvalue weighted by Gasteiger charge is -2.32. The third kappa shape index (κ3) is 2.55.